The molecule has 0 unspecified atom stereocenters. The molecule has 1 aromatic carbocycles. The Balaban J connectivity index is 2.58. The largest absolute Gasteiger partial charge is 0.476 e. The molecule has 0 bridgehead atoms. The summed E-state index contributed by atoms with van der Waals surface area (Å²) in [6.07, 6.45) is 0.904. The molecule has 2 aromatic rings. The molecule has 0 spiro atoms. The summed E-state index contributed by atoms with van der Waals surface area (Å²) in [5, 5.41) is 8.74. The van der Waals surface area contributed by atoms with E-state index in [1.807, 2.05) is 0 Å². The van der Waals surface area contributed by atoms with Crippen molar-refractivity contribution in [2.45, 2.75) is 0 Å². The number of aromatic carboxylic acids is 1. The molecule has 0 amide bonds. The summed E-state index contributed by atoms with van der Waals surface area (Å²) in [7, 11) is 0. The molecule has 2 rings (SSSR count). The van der Waals surface area contributed by atoms with Gasteiger partial charge in [-0.25, -0.2) is 18.6 Å². The van der Waals surface area contributed by atoms with Crippen LogP contribution >= 0.6 is 0 Å². The van der Waals surface area contributed by atoms with Gasteiger partial charge in [0.15, 0.2) is 17.8 Å². The number of halogens is 2. The molecule has 0 saturated heterocycles. The quantitative estimate of drug-likeness (QED) is 0.851. The van der Waals surface area contributed by atoms with Crippen molar-refractivity contribution in [3.05, 3.63) is 41.9 Å². The predicted molar refractivity (Wildman–Crippen MR) is 48.8 cm³/mol. The average molecular weight is 225 g/mol. The highest BCUT2D eigenvalue weighted by Crippen LogP contribution is 2.24. The zero-order valence-electron chi connectivity index (χ0n) is 7.78. The summed E-state index contributed by atoms with van der Waals surface area (Å²) in [5.41, 5.74) is -0.391. The molecule has 0 atom stereocenters. The van der Waals surface area contributed by atoms with Crippen LogP contribution in [0.2, 0.25) is 0 Å². The maximum absolute atomic E-state index is 12.9. The number of hydrogen-bond donors (Lipinski definition) is 1. The number of carboxylic acids is 1. The molecule has 1 N–H and O–H groups in total. The molecule has 16 heavy (non-hydrogen) atoms. The van der Waals surface area contributed by atoms with Gasteiger partial charge >= 0.3 is 5.97 Å². The van der Waals surface area contributed by atoms with Crippen molar-refractivity contribution in [1.29, 1.82) is 0 Å². The van der Waals surface area contributed by atoms with Crippen LogP contribution in [0.5, 0.6) is 0 Å². The third-order valence-corrected chi connectivity index (χ3v) is 1.89. The highest BCUT2D eigenvalue weighted by Gasteiger charge is 2.18. The average Bonchev–Trinajstić information content (AvgIpc) is 2.63. The lowest BCUT2D eigenvalue weighted by Gasteiger charge is -1.98. The fourth-order valence-electron chi connectivity index (χ4n) is 1.29. The number of carboxylic acid groups (broad SMARTS) is 1. The van der Waals surface area contributed by atoms with E-state index >= 15 is 0 Å². The molecule has 0 fully saturated rings. The van der Waals surface area contributed by atoms with Gasteiger partial charge in [-0.15, -0.1) is 0 Å². The lowest BCUT2D eigenvalue weighted by atomic mass is 10.1. The lowest BCUT2D eigenvalue weighted by Crippen LogP contribution is -1.98. The summed E-state index contributed by atoms with van der Waals surface area (Å²) < 4.78 is 30.6. The van der Waals surface area contributed by atoms with Gasteiger partial charge in [0.2, 0.25) is 0 Å². The molecule has 4 nitrogen and oxygen atoms in total. The monoisotopic (exact) mass is 225 g/mol. The molecule has 6 heteroatoms. The van der Waals surface area contributed by atoms with Gasteiger partial charge in [-0.3, -0.25) is 0 Å². The van der Waals surface area contributed by atoms with Crippen LogP contribution in [-0.4, -0.2) is 16.1 Å². The minimum atomic E-state index is -1.33. The molecule has 0 saturated carbocycles. The van der Waals surface area contributed by atoms with E-state index in [9.17, 15) is 13.6 Å². The fraction of sp³-hybridized carbons (Fsp3) is 0. The fourth-order valence-corrected chi connectivity index (χ4v) is 1.29. The van der Waals surface area contributed by atoms with Crippen molar-refractivity contribution < 1.29 is 23.1 Å². The number of carbonyl (C=O) groups is 1. The van der Waals surface area contributed by atoms with Crippen LogP contribution in [0.15, 0.2) is 29.0 Å². The van der Waals surface area contributed by atoms with Gasteiger partial charge in [0.25, 0.3) is 0 Å². The second-order valence-electron chi connectivity index (χ2n) is 2.99. The summed E-state index contributed by atoms with van der Waals surface area (Å²) in [4.78, 5) is 14.2. The Morgan fingerprint density at radius 1 is 1.25 bits per heavy atom. The Labute approximate surface area is 88.2 Å². The number of rotatable bonds is 2. The second-order valence-corrected chi connectivity index (χ2v) is 2.99. The van der Waals surface area contributed by atoms with Gasteiger partial charge < -0.3 is 9.52 Å². The van der Waals surface area contributed by atoms with Gasteiger partial charge in [0.1, 0.15) is 11.6 Å². The van der Waals surface area contributed by atoms with Gasteiger partial charge in [-0.05, 0) is 12.1 Å². The minimum Gasteiger partial charge on any atom is -0.476 e. The van der Waals surface area contributed by atoms with Crippen LogP contribution in [0.1, 0.15) is 10.5 Å². The van der Waals surface area contributed by atoms with Gasteiger partial charge in [0.05, 0.1) is 0 Å². The topological polar surface area (TPSA) is 63.3 Å². The van der Waals surface area contributed by atoms with E-state index in [0.717, 1.165) is 18.5 Å². The maximum Gasteiger partial charge on any atom is 0.358 e. The minimum absolute atomic E-state index is 0.00704. The Hall–Kier alpha value is -2.24. The smallest absolute Gasteiger partial charge is 0.358 e. The standard InChI is InChI=1S/C10H5F2NO3/c11-6-1-5(2-7(12)3-6)9-8(10(14)15)13-4-16-9/h1-4H,(H,14,15). The van der Waals surface area contributed by atoms with E-state index in [1.165, 1.54) is 0 Å². The van der Waals surface area contributed by atoms with E-state index in [0.29, 0.717) is 6.07 Å². The lowest BCUT2D eigenvalue weighted by molar-refractivity contribution is 0.0691. The van der Waals surface area contributed by atoms with Crippen LogP contribution < -0.4 is 0 Å². The van der Waals surface area contributed by atoms with Crippen molar-refractivity contribution in [1.82, 2.24) is 4.98 Å². The Kier molecular flexibility index (Phi) is 2.40. The molecule has 1 aromatic heterocycles. The van der Waals surface area contributed by atoms with E-state index in [1.54, 1.807) is 0 Å². The maximum atomic E-state index is 12.9. The van der Waals surface area contributed by atoms with E-state index in [4.69, 9.17) is 9.52 Å². The van der Waals surface area contributed by atoms with Crippen molar-refractivity contribution >= 4 is 5.97 Å². The van der Waals surface area contributed by atoms with E-state index in [2.05, 4.69) is 4.98 Å². The van der Waals surface area contributed by atoms with Crippen molar-refractivity contribution in [2.24, 2.45) is 0 Å². The summed E-state index contributed by atoms with van der Waals surface area (Å²) in [6.45, 7) is 0. The first kappa shape index (κ1) is 10.3. The number of aromatic nitrogens is 1. The molecule has 82 valence electrons. The number of benzene rings is 1. The van der Waals surface area contributed by atoms with E-state index in [-0.39, 0.29) is 17.0 Å². The zero-order chi connectivity index (χ0) is 11.7. The van der Waals surface area contributed by atoms with Crippen LogP contribution in [0.3, 0.4) is 0 Å². The molecule has 0 radical (unpaired) electrons. The normalized spacial score (nSPS) is 10.4. The molecule has 0 aliphatic carbocycles. The summed E-state index contributed by atoms with van der Waals surface area (Å²) >= 11 is 0. The van der Waals surface area contributed by atoms with Gasteiger partial charge in [0, 0.05) is 11.6 Å². The predicted octanol–water partition coefficient (Wildman–Crippen LogP) is 2.32. The molecule has 1 heterocycles. The SMILES string of the molecule is O=C(O)c1ncoc1-c1cc(F)cc(F)c1. The first-order chi connectivity index (χ1) is 7.58. The van der Waals surface area contributed by atoms with Crippen molar-refractivity contribution in [2.75, 3.05) is 0 Å². The van der Waals surface area contributed by atoms with Crippen molar-refractivity contribution in [3.63, 3.8) is 0 Å². The Morgan fingerprint density at radius 2 is 1.88 bits per heavy atom. The zero-order valence-corrected chi connectivity index (χ0v) is 7.78. The molecule has 0 aliphatic rings. The highest BCUT2D eigenvalue weighted by atomic mass is 19.1. The summed E-state index contributed by atoms with van der Waals surface area (Å²) in [5.74, 6) is -3.13. The van der Waals surface area contributed by atoms with Gasteiger partial charge in [-0.1, -0.05) is 0 Å². The second kappa shape index (κ2) is 3.73. The first-order valence-electron chi connectivity index (χ1n) is 4.21. The number of oxazole rings is 1. The van der Waals surface area contributed by atoms with Crippen LogP contribution in [0.4, 0.5) is 8.78 Å². The molecular weight excluding hydrogens is 220 g/mol. The van der Waals surface area contributed by atoms with Crippen LogP contribution in [-0.2, 0) is 0 Å². The first-order valence-corrected chi connectivity index (χ1v) is 4.21. The third kappa shape index (κ3) is 1.77. The highest BCUT2D eigenvalue weighted by molar-refractivity contribution is 5.92. The summed E-state index contributed by atoms with van der Waals surface area (Å²) in [6, 6.07) is 2.62. The third-order valence-electron chi connectivity index (χ3n) is 1.89. The Bertz CT molecular complexity index is 530. The van der Waals surface area contributed by atoms with Crippen molar-refractivity contribution in [3.8, 4) is 11.3 Å². The molecular formula is C10H5F2NO3. The van der Waals surface area contributed by atoms with Crippen LogP contribution in [0.25, 0.3) is 11.3 Å². The van der Waals surface area contributed by atoms with Crippen LogP contribution in [0, 0.1) is 11.6 Å². The number of hydrogen-bond acceptors (Lipinski definition) is 3. The number of nitrogens with zero attached hydrogens (tertiary/aromatic N) is 1. The Morgan fingerprint density at radius 3 is 2.44 bits per heavy atom. The van der Waals surface area contributed by atoms with Gasteiger partial charge in [-0.2, -0.15) is 0 Å². The molecule has 0 aliphatic heterocycles. The van der Waals surface area contributed by atoms with E-state index < -0.39 is 17.6 Å².